The molecule has 1 fully saturated rings. The number of nitrogens with one attached hydrogen (secondary N) is 1. The molecule has 0 aliphatic carbocycles. The van der Waals surface area contributed by atoms with Gasteiger partial charge in [0.05, 0.1) is 17.5 Å². The van der Waals surface area contributed by atoms with Gasteiger partial charge in [0.15, 0.2) is 0 Å². The lowest BCUT2D eigenvalue weighted by molar-refractivity contribution is 0.0612. The molecule has 1 aromatic rings. The Hall–Kier alpha value is -1.98. The Morgan fingerprint density at radius 3 is 2.83 bits per heavy atom. The Morgan fingerprint density at radius 2 is 2.22 bits per heavy atom. The summed E-state index contributed by atoms with van der Waals surface area (Å²) in [6.07, 6.45) is 3.70. The van der Waals surface area contributed by atoms with Crippen LogP contribution in [0.1, 0.15) is 41.0 Å². The maximum atomic E-state index is 12.7. The monoisotopic (exact) mass is 336 g/mol. The number of hydrogen-bond acceptors (Lipinski definition) is 5. The zero-order chi connectivity index (χ0) is 17.0. The summed E-state index contributed by atoms with van der Waals surface area (Å²) in [6.45, 7) is 2.48. The quantitative estimate of drug-likeness (QED) is 0.876. The summed E-state index contributed by atoms with van der Waals surface area (Å²) in [5.74, 6) is -0.224. The molecule has 1 amide bonds. The summed E-state index contributed by atoms with van der Waals surface area (Å²) < 4.78 is 25.0. The lowest BCUT2D eigenvalue weighted by Gasteiger charge is -2.35. The lowest BCUT2D eigenvalue weighted by atomic mass is 10.0. The molecule has 0 spiro atoms. The second-order valence-electron chi connectivity index (χ2n) is 5.71. The van der Waals surface area contributed by atoms with E-state index in [1.165, 1.54) is 0 Å². The molecule has 1 atom stereocenters. The third kappa shape index (κ3) is 4.50. The van der Waals surface area contributed by atoms with Gasteiger partial charge in [0, 0.05) is 19.1 Å². The van der Waals surface area contributed by atoms with Crippen molar-refractivity contribution in [2.24, 2.45) is 0 Å². The minimum absolute atomic E-state index is 0.177. The van der Waals surface area contributed by atoms with Gasteiger partial charge in [-0.05, 0) is 38.3 Å². The van der Waals surface area contributed by atoms with Gasteiger partial charge in [0.2, 0.25) is 10.0 Å². The fourth-order valence-corrected chi connectivity index (χ4v) is 3.17. The summed E-state index contributed by atoms with van der Waals surface area (Å²) >= 11 is 0. The number of likely N-dealkylation sites (tertiary alicyclic amines) is 1. The van der Waals surface area contributed by atoms with Crippen molar-refractivity contribution in [1.29, 1.82) is 5.26 Å². The predicted molar refractivity (Wildman–Crippen MR) is 85.2 cm³/mol. The van der Waals surface area contributed by atoms with E-state index in [1.54, 1.807) is 24.0 Å². The molecule has 0 radical (unpaired) electrons. The highest BCUT2D eigenvalue weighted by Gasteiger charge is 2.28. The summed E-state index contributed by atoms with van der Waals surface area (Å²) in [5, 5.41) is 8.93. The minimum Gasteiger partial charge on any atom is -0.333 e. The SMILES string of the molecule is Cc1nc(C(=O)N2CCCCC2CNS(C)(=O)=O)ccc1C#N. The van der Waals surface area contributed by atoms with Crippen molar-refractivity contribution in [3.8, 4) is 6.07 Å². The van der Waals surface area contributed by atoms with Crippen molar-refractivity contribution in [1.82, 2.24) is 14.6 Å². The molecule has 1 saturated heterocycles. The fourth-order valence-electron chi connectivity index (χ4n) is 2.67. The summed E-state index contributed by atoms with van der Waals surface area (Å²) in [5.41, 5.74) is 1.24. The number of nitrogens with zero attached hydrogens (tertiary/aromatic N) is 3. The average molecular weight is 336 g/mol. The minimum atomic E-state index is -3.29. The van der Waals surface area contributed by atoms with Crippen LogP contribution in [0.5, 0.6) is 0 Å². The van der Waals surface area contributed by atoms with Gasteiger partial charge in [-0.25, -0.2) is 18.1 Å². The highest BCUT2D eigenvalue weighted by molar-refractivity contribution is 7.88. The van der Waals surface area contributed by atoms with Crippen molar-refractivity contribution < 1.29 is 13.2 Å². The number of piperidine rings is 1. The average Bonchev–Trinajstić information content (AvgIpc) is 2.51. The second kappa shape index (κ2) is 7.06. The standard InChI is InChI=1S/C15H20N4O3S/c1-11-12(9-16)6-7-14(18-11)15(20)19-8-4-3-5-13(19)10-17-23(2,21)22/h6-7,13,17H,3-5,8,10H2,1-2H3. The summed E-state index contributed by atoms with van der Waals surface area (Å²) in [6, 6.07) is 4.98. The van der Waals surface area contributed by atoms with Crippen molar-refractivity contribution in [3.63, 3.8) is 0 Å². The molecular weight excluding hydrogens is 316 g/mol. The third-order valence-corrected chi connectivity index (χ3v) is 4.59. The van der Waals surface area contributed by atoms with Crippen LogP contribution >= 0.6 is 0 Å². The molecule has 0 aromatic carbocycles. The van der Waals surface area contributed by atoms with Gasteiger partial charge in [-0.2, -0.15) is 5.26 Å². The molecule has 0 bridgehead atoms. The van der Waals surface area contributed by atoms with Gasteiger partial charge >= 0.3 is 0 Å². The van der Waals surface area contributed by atoms with Crippen LogP contribution in [-0.4, -0.2) is 49.6 Å². The molecular formula is C15H20N4O3S. The molecule has 124 valence electrons. The van der Waals surface area contributed by atoms with Crippen LogP contribution in [0.4, 0.5) is 0 Å². The van der Waals surface area contributed by atoms with Crippen LogP contribution in [-0.2, 0) is 10.0 Å². The van der Waals surface area contributed by atoms with Crippen molar-refractivity contribution in [2.45, 2.75) is 32.2 Å². The first-order chi connectivity index (χ1) is 10.8. The molecule has 2 rings (SSSR count). The number of hydrogen-bond donors (Lipinski definition) is 1. The van der Waals surface area contributed by atoms with Gasteiger partial charge in [-0.15, -0.1) is 0 Å². The number of carbonyl (C=O) groups excluding carboxylic acids is 1. The lowest BCUT2D eigenvalue weighted by Crippen LogP contribution is -2.49. The van der Waals surface area contributed by atoms with E-state index in [-0.39, 0.29) is 24.2 Å². The van der Waals surface area contributed by atoms with E-state index in [4.69, 9.17) is 5.26 Å². The number of rotatable bonds is 4. The van der Waals surface area contributed by atoms with Gasteiger partial charge in [-0.3, -0.25) is 4.79 Å². The number of nitriles is 1. The Morgan fingerprint density at radius 1 is 1.48 bits per heavy atom. The maximum absolute atomic E-state index is 12.7. The molecule has 7 nitrogen and oxygen atoms in total. The Bertz CT molecular complexity index is 740. The Balaban J connectivity index is 2.18. The van der Waals surface area contributed by atoms with Crippen LogP contribution in [0.3, 0.4) is 0 Å². The maximum Gasteiger partial charge on any atom is 0.272 e. The smallest absolute Gasteiger partial charge is 0.272 e. The molecule has 1 aromatic heterocycles. The van der Waals surface area contributed by atoms with E-state index in [9.17, 15) is 13.2 Å². The highest BCUT2D eigenvalue weighted by atomic mass is 32.2. The topological polar surface area (TPSA) is 103 Å². The number of carbonyl (C=O) groups is 1. The largest absolute Gasteiger partial charge is 0.333 e. The van der Waals surface area contributed by atoms with Crippen LogP contribution in [0.2, 0.25) is 0 Å². The third-order valence-electron chi connectivity index (χ3n) is 3.89. The van der Waals surface area contributed by atoms with Crippen molar-refractivity contribution in [3.05, 3.63) is 29.1 Å². The van der Waals surface area contributed by atoms with E-state index in [2.05, 4.69) is 9.71 Å². The van der Waals surface area contributed by atoms with Gasteiger partial charge in [0.25, 0.3) is 5.91 Å². The number of amides is 1. The first kappa shape index (κ1) is 17.4. The van der Waals surface area contributed by atoms with E-state index in [0.717, 1.165) is 25.5 Å². The zero-order valence-electron chi connectivity index (χ0n) is 13.2. The van der Waals surface area contributed by atoms with E-state index >= 15 is 0 Å². The Kier molecular flexibility index (Phi) is 5.34. The van der Waals surface area contributed by atoms with Gasteiger partial charge in [0.1, 0.15) is 11.8 Å². The van der Waals surface area contributed by atoms with Crippen LogP contribution in [0, 0.1) is 18.3 Å². The fraction of sp³-hybridized carbons (Fsp3) is 0.533. The van der Waals surface area contributed by atoms with E-state index in [1.807, 2.05) is 6.07 Å². The summed E-state index contributed by atoms with van der Waals surface area (Å²) in [7, 11) is -3.29. The second-order valence-corrected chi connectivity index (χ2v) is 7.54. The number of pyridine rings is 1. The van der Waals surface area contributed by atoms with E-state index < -0.39 is 10.0 Å². The molecule has 1 N–H and O–H groups in total. The molecule has 1 aliphatic rings. The summed E-state index contributed by atoms with van der Waals surface area (Å²) in [4.78, 5) is 18.6. The molecule has 8 heteroatoms. The van der Waals surface area contributed by atoms with Crippen LogP contribution in [0.25, 0.3) is 0 Å². The molecule has 0 saturated carbocycles. The van der Waals surface area contributed by atoms with Crippen molar-refractivity contribution in [2.75, 3.05) is 19.3 Å². The van der Waals surface area contributed by atoms with E-state index in [0.29, 0.717) is 17.8 Å². The highest BCUT2D eigenvalue weighted by Crippen LogP contribution is 2.19. The molecule has 23 heavy (non-hydrogen) atoms. The van der Waals surface area contributed by atoms with Crippen LogP contribution in [0.15, 0.2) is 12.1 Å². The number of sulfonamides is 1. The Labute approximate surface area is 136 Å². The normalized spacial score (nSPS) is 18.5. The van der Waals surface area contributed by atoms with Crippen LogP contribution < -0.4 is 4.72 Å². The molecule has 2 heterocycles. The van der Waals surface area contributed by atoms with Gasteiger partial charge in [-0.1, -0.05) is 0 Å². The molecule has 1 aliphatic heterocycles. The first-order valence-electron chi connectivity index (χ1n) is 7.45. The zero-order valence-corrected chi connectivity index (χ0v) is 14.1. The van der Waals surface area contributed by atoms with Crippen molar-refractivity contribution >= 4 is 15.9 Å². The van der Waals surface area contributed by atoms with Gasteiger partial charge < -0.3 is 4.90 Å². The number of aromatic nitrogens is 1. The first-order valence-corrected chi connectivity index (χ1v) is 9.34. The predicted octanol–water partition coefficient (Wildman–Crippen LogP) is 0.806. The number of aryl methyl sites for hydroxylation is 1. The molecule has 1 unspecified atom stereocenters.